The summed E-state index contributed by atoms with van der Waals surface area (Å²) < 4.78 is 26.7. The Morgan fingerprint density at radius 1 is 1.20 bits per heavy atom. The molecule has 0 aromatic heterocycles. The first-order valence-electron chi connectivity index (χ1n) is 5.56. The number of halogens is 2. The molecule has 0 saturated carbocycles. The van der Waals surface area contributed by atoms with Crippen molar-refractivity contribution in [3.8, 4) is 0 Å². The molecule has 0 amide bonds. The summed E-state index contributed by atoms with van der Waals surface area (Å²) in [7, 11) is 0. The van der Waals surface area contributed by atoms with Crippen LogP contribution in [0.25, 0.3) is 0 Å². The first-order chi connectivity index (χ1) is 6.77. The zero-order chi connectivity index (χ0) is 11.8. The minimum Gasteiger partial charge on any atom is -0.382 e. The highest BCUT2D eigenvalue weighted by Gasteiger charge is 2.45. The molecule has 0 aliphatic heterocycles. The van der Waals surface area contributed by atoms with Gasteiger partial charge in [0.2, 0.25) is 0 Å². The zero-order valence-corrected chi connectivity index (χ0v) is 9.85. The van der Waals surface area contributed by atoms with Crippen LogP contribution in [-0.4, -0.2) is 17.1 Å². The number of allylic oxidation sites excluding steroid dienone is 1. The topological polar surface area (TPSA) is 20.2 Å². The number of alkyl halides is 2. The molecular weight excluding hydrogens is 198 g/mol. The van der Waals surface area contributed by atoms with Gasteiger partial charge in [-0.1, -0.05) is 33.3 Å². The molecule has 0 fully saturated rings. The second-order valence-corrected chi connectivity index (χ2v) is 4.95. The predicted octanol–water partition coefficient (Wildman–Crippen LogP) is 3.39. The van der Waals surface area contributed by atoms with E-state index in [2.05, 4.69) is 0 Å². The molecule has 1 aliphatic carbocycles. The smallest absolute Gasteiger partial charge is 0.277 e. The van der Waals surface area contributed by atoms with Crippen LogP contribution in [0, 0.1) is 11.8 Å². The van der Waals surface area contributed by atoms with Crippen LogP contribution in [0.1, 0.15) is 40.5 Å². The summed E-state index contributed by atoms with van der Waals surface area (Å²) >= 11 is 0. The average Bonchev–Trinajstić information content (AvgIpc) is 2.08. The largest absolute Gasteiger partial charge is 0.382 e. The standard InChI is InChI=1S/C12H20F2O/c1-7(2)9-5-6-12(13,14)11(15)10(9)8(3)4/h7-8,11,15H,5-6H2,1-4H3. The maximum Gasteiger partial charge on any atom is 0.277 e. The van der Waals surface area contributed by atoms with Gasteiger partial charge >= 0.3 is 0 Å². The van der Waals surface area contributed by atoms with Crippen molar-refractivity contribution >= 4 is 0 Å². The molecule has 3 heteroatoms. The fourth-order valence-corrected chi connectivity index (χ4v) is 2.29. The van der Waals surface area contributed by atoms with E-state index in [9.17, 15) is 13.9 Å². The molecule has 1 N–H and O–H groups in total. The van der Waals surface area contributed by atoms with Crippen molar-refractivity contribution in [3.63, 3.8) is 0 Å². The molecule has 0 aromatic rings. The lowest BCUT2D eigenvalue weighted by Gasteiger charge is -2.35. The van der Waals surface area contributed by atoms with Gasteiger partial charge in [-0.3, -0.25) is 0 Å². The Morgan fingerprint density at radius 3 is 2.13 bits per heavy atom. The summed E-state index contributed by atoms with van der Waals surface area (Å²) in [6.07, 6.45) is -1.39. The Morgan fingerprint density at radius 2 is 1.73 bits per heavy atom. The zero-order valence-electron chi connectivity index (χ0n) is 9.85. The highest BCUT2D eigenvalue weighted by molar-refractivity contribution is 5.27. The van der Waals surface area contributed by atoms with Crippen molar-refractivity contribution in [2.24, 2.45) is 11.8 Å². The fraction of sp³-hybridized carbons (Fsp3) is 0.833. The normalized spacial score (nSPS) is 26.6. The predicted molar refractivity (Wildman–Crippen MR) is 56.9 cm³/mol. The minimum atomic E-state index is -2.95. The molecule has 1 unspecified atom stereocenters. The summed E-state index contributed by atoms with van der Waals surface area (Å²) in [5.41, 5.74) is 1.57. The number of aliphatic hydroxyl groups is 1. The van der Waals surface area contributed by atoms with E-state index in [0.717, 1.165) is 5.57 Å². The van der Waals surface area contributed by atoms with Crippen molar-refractivity contribution in [2.75, 3.05) is 0 Å². The molecule has 1 rings (SSSR count). The Hall–Kier alpha value is -0.440. The van der Waals surface area contributed by atoms with Crippen LogP contribution in [0.15, 0.2) is 11.1 Å². The van der Waals surface area contributed by atoms with E-state index in [-0.39, 0.29) is 18.3 Å². The third-order valence-corrected chi connectivity index (χ3v) is 3.11. The van der Waals surface area contributed by atoms with Gasteiger partial charge in [0.1, 0.15) is 6.10 Å². The van der Waals surface area contributed by atoms with Crippen molar-refractivity contribution in [2.45, 2.75) is 52.6 Å². The second kappa shape index (κ2) is 4.20. The van der Waals surface area contributed by atoms with E-state index in [4.69, 9.17) is 0 Å². The van der Waals surface area contributed by atoms with Gasteiger partial charge in [-0.05, 0) is 23.8 Å². The number of aliphatic hydroxyl groups excluding tert-OH is 1. The van der Waals surface area contributed by atoms with Crippen LogP contribution in [0.4, 0.5) is 8.78 Å². The van der Waals surface area contributed by atoms with Gasteiger partial charge in [-0.25, -0.2) is 8.78 Å². The Labute approximate surface area is 90.2 Å². The van der Waals surface area contributed by atoms with Crippen LogP contribution in [-0.2, 0) is 0 Å². The molecule has 1 aliphatic rings. The van der Waals surface area contributed by atoms with Crippen LogP contribution in [0.5, 0.6) is 0 Å². The lowest BCUT2D eigenvalue weighted by molar-refractivity contribution is -0.106. The minimum absolute atomic E-state index is 0.0106. The van der Waals surface area contributed by atoms with Crippen molar-refractivity contribution in [3.05, 3.63) is 11.1 Å². The summed E-state index contributed by atoms with van der Waals surface area (Å²) in [5, 5.41) is 9.68. The van der Waals surface area contributed by atoms with Gasteiger partial charge in [0.15, 0.2) is 0 Å². The molecule has 0 heterocycles. The van der Waals surface area contributed by atoms with Gasteiger partial charge in [-0.2, -0.15) is 0 Å². The van der Waals surface area contributed by atoms with Crippen molar-refractivity contribution < 1.29 is 13.9 Å². The summed E-state index contributed by atoms with van der Waals surface area (Å²) in [6.45, 7) is 7.71. The van der Waals surface area contributed by atoms with Crippen molar-refractivity contribution in [1.29, 1.82) is 0 Å². The third kappa shape index (κ3) is 2.39. The van der Waals surface area contributed by atoms with E-state index in [1.165, 1.54) is 0 Å². The molecule has 0 spiro atoms. The van der Waals surface area contributed by atoms with E-state index in [1.807, 2.05) is 27.7 Å². The quantitative estimate of drug-likeness (QED) is 0.704. The molecule has 15 heavy (non-hydrogen) atoms. The number of hydrogen-bond acceptors (Lipinski definition) is 1. The molecule has 1 nitrogen and oxygen atoms in total. The van der Waals surface area contributed by atoms with Gasteiger partial charge in [0.05, 0.1) is 0 Å². The summed E-state index contributed by atoms with van der Waals surface area (Å²) in [6, 6.07) is 0. The summed E-state index contributed by atoms with van der Waals surface area (Å²) in [5.74, 6) is -2.71. The summed E-state index contributed by atoms with van der Waals surface area (Å²) in [4.78, 5) is 0. The Kier molecular flexibility index (Phi) is 3.54. The van der Waals surface area contributed by atoms with E-state index in [1.54, 1.807) is 0 Å². The maximum atomic E-state index is 13.4. The van der Waals surface area contributed by atoms with Crippen LogP contribution in [0.3, 0.4) is 0 Å². The fourth-order valence-electron chi connectivity index (χ4n) is 2.29. The highest BCUT2D eigenvalue weighted by atomic mass is 19.3. The highest BCUT2D eigenvalue weighted by Crippen LogP contribution is 2.42. The number of hydrogen-bond donors (Lipinski definition) is 1. The van der Waals surface area contributed by atoms with Crippen LogP contribution < -0.4 is 0 Å². The molecule has 88 valence electrons. The van der Waals surface area contributed by atoms with Gasteiger partial charge < -0.3 is 5.11 Å². The molecule has 0 saturated heterocycles. The molecule has 0 aromatic carbocycles. The van der Waals surface area contributed by atoms with Gasteiger partial charge in [-0.15, -0.1) is 0 Å². The number of rotatable bonds is 2. The lowest BCUT2D eigenvalue weighted by Crippen LogP contribution is -2.40. The van der Waals surface area contributed by atoms with Crippen LogP contribution in [0.2, 0.25) is 0 Å². The third-order valence-electron chi connectivity index (χ3n) is 3.11. The first-order valence-corrected chi connectivity index (χ1v) is 5.56. The average molecular weight is 218 g/mol. The van der Waals surface area contributed by atoms with Gasteiger partial charge in [0.25, 0.3) is 5.92 Å². The van der Waals surface area contributed by atoms with Crippen molar-refractivity contribution in [1.82, 2.24) is 0 Å². The first kappa shape index (κ1) is 12.6. The van der Waals surface area contributed by atoms with E-state index < -0.39 is 12.0 Å². The van der Waals surface area contributed by atoms with E-state index in [0.29, 0.717) is 12.0 Å². The molecular formula is C12H20F2O. The SMILES string of the molecule is CC(C)C1=C(C(C)C)C(O)C(F)(F)CC1. The van der Waals surface area contributed by atoms with E-state index >= 15 is 0 Å². The molecule has 0 radical (unpaired) electrons. The van der Waals surface area contributed by atoms with Gasteiger partial charge in [0, 0.05) is 6.42 Å². The maximum absolute atomic E-state index is 13.4. The molecule has 1 atom stereocenters. The lowest BCUT2D eigenvalue weighted by atomic mass is 9.77. The monoisotopic (exact) mass is 218 g/mol. The second-order valence-electron chi connectivity index (χ2n) is 4.95. The van der Waals surface area contributed by atoms with Crippen LogP contribution >= 0.6 is 0 Å². The Balaban J connectivity index is 3.13. The Bertz CT molecular complexity index is 267. The molecule has 0 bridgehead atoms.